The molecule has 1 aliphatic carbocycles. The number of hydrogen-bond donors (Lipinski definition) is 0. The Labute approximate surface area is 145 Å². The summed E-state index contributed by atoms with van der Waals surface area (Å²) in [5.74, 6) is 0.845. The van der Waals surface area contributed by atoms with E-state index in [9.17, 15) is 4.39 Å². The van der Waals surface area contributed by atoms with Gasteiger partial charge in [-0.2, -0.15) is 0 Å². The predicted molar refractivity (Wildman–Crippen MR) is 97.3 cm³/mol. The lowest BCUT2D eigenvalue weighted by molar-refractivity contribution is 0.0905. The SMILES string of the molecule is Fc1ccc(/C=C/CN2CCC3(CCCN(CC4CC4)C3)C2)cc1. The Bertz CT molecular complexity index is 578. The van der Waals surface area contributed by atoms with E-state index in [0.717, 1.165) is 18.0 Å². The normalized spacial score (nSPS) is 29.0. The zero-order chi connectivity index (χ0) is 16.4. The van der Waals surface area contributed by atoms with Crippen molar-refractivity contribution in [3.8, 4) is 0 Å². The lowest BCUT2D eigenvalue weighted by Crippen LogP contribution is -2.45. The van der Waals surface area contributed by atoms with Crippen LogP contribution in [0.4, 0.5) is 4.39 Å². The first kappa shape index (κ1) is 16.3. The standard InChI is InChI=1S/C21H29FN2/c22-20-8-6-18(7-9-20)3-1-12-23-14-11-21(16-23)10-2-13-24(17-21)15-19-4-5-19/h1,3,6-9,19H,2,4-5,10-17H2/b3-1+. The number of halogens is 1. The molecule has 130 valence electrons. The van der Waals surface area contributed by atoms with E-state index < -0.39 is 0 Å². The van der Waals surface area contributed by atoms with E-state index in [1.54, 1.807) is 0 Å². The summed E-state index contributed by atoms with van der Waals surface area (Å²) in [5.41, 5.74) is 1.63. The molecule has 24 heavy (non-hydrogen) atoms. The van der Waals surface area contributed by atoms with Gasteiger partial charge in [0.1, 0.15) is 5.82 Å². The minimum atomic E-state index is -0.165. The van der Waals surface area contributed by atoms with E-state index in [1.165, 1.54) is 77.0 Å². The molecule has 2 saturated heterocycles. The molecule has 1 atom stereocenters. The molecule has 1 aromatic rings. The van der Waals surface area contributed by atoms with Crippen molar-refractivity contribution in [3.63, 3.8) is 0 Å². The van der Waals surface area contributed by atoms with Gasteiger partial charge in [0.25, 0.3) is 0 Å². The molecular formula is C21H29FN2. The maximum atomic E-state index is 12.9. The first-order chi connectivity index (χ1) is 11.7. The van der Waals surface area contributed by atoms with E-state index in [4.69, 9.17) is 0 Å². The average molecular weight is 328 g/mol. The minimum absolute atomic E-state index is 0.165. The van der Waals surface area contributed by atoms with Gasteiger partial charge < -0.3 is 4.90 Å². The average Bonchev–Trinajstić information content (AvgIpc) is 3.31. The Morgan fingerprint density at radius 3 is 2.62 bits per heavy atom. The molecule has 0 amide bonds. The maximum absolute atomic E-state index is 12.9. The number of likely N-dealkylation sites (tertiary alicyclic amines) is 2. The second-order valence-corrected chi connectivity index (χ2v) is 8.22. The fraction of sp³-hybridized carbons (Fsp3) is 0.619. The van der Waals surface area contributed by atoms with Crippen LogP contribution in [0.3, 0.4) is 0 Å². The monoisotopic (exact) mass is 328 g/mol. The van der Waals surface area contributed by atoms with Crippen LogP contribution in [0.5, 0.6) is 0 Å². The zero-order valence-corrected chi connectivity index (χ0v) is 14.6. The number of rotatable bonds is 5. The third kappa shape index (κ3) is 4.07. The molecule has 1 saturated carbocycles. The van der Waals surface area contributed by atoms with Gasteiger partial charge in [0, 0.05) is 26.2 Å². The van der Waals surface area contributed by atoms with Gasteiger partial charge >= 0.3 is 0 Å². The second kappa shape index (κ2) is 6.97. The van der Waals surface area contributed by atoms with Crippen LogP contribution < -0.4 is 0 Å². The third-order valence-electron chi connectivity index (χ3n) is 6.02. The first-order valence-corrected chi connectivity index (χ1v) is 9.58. The second-order valence-electron chi connectivity index (χ2n) is 8.22. The van der Waals surface area contributed by atoms with Gasteiger partial charge in [-0.1, -0.05) is 24.3 Å². The zero-order valence-electron chi connectivity index (χ0n) is 14.6. The van der Waals surface area contributed by atoms with Crippen LogP contribution in [0, 0.1) is 17.2 Å². The molecule has 1 spiro atoms. The molecule has 2 aliphatic heterocycles. The molecule has 3 heteroatoms. The predicted octanol–water partition coefficient (Wildman–Crippen LogP) is 4.04. The van der Waals surface area contributed by atoms with Gasteiger partial charge in [0.2, 0.25) is 0 Å². The van der Waals surface area contributed by atoms with Crippen LogP contribution in [-0.2, 0) is 0 Å². The number of piperidine rings is 1. The lowest BCUT2D eigenvalue weighted by atomic mass is 9.79. The molecule has 1 aromatic carbocycles. The Morgan fingerprint density at radius 1 is 1.04 bits per heavy atom. The van der Waals surface area contributed by atoms with Gasteiger partial charge in [-0.3, -0.25) is 4.90 Å². The quantitative estimate of drug-likeness (QED) is 0.805. The summed E-state index contributed by atoms with van der Waals surface area (Å²) >= 11 is 0. The Balaban J connectivity index is 1.28. The molecule has 0 radical (unpaired) electrons. The van der Waals surface area contributed by atoms with Crippen molar-refractivity contribution < 1.29 is 4.39 Å². The van der Waals surface area contributed by atoms with Crippen LogP contribution >= 0.6 is 0 Å². The Kier molecular flexibility index (Phi) is 4.73. The first-order valence-electron chi connectivity index (χ1n) is 9.58. The molecule has 2 heterocycles. The lowest BCUT2D eigenvalue weighted by Gasteiger charge is -2.40. The van der Waals surface area contributed by atoms with Crippen LogP contribution in [0.25, 0.3) is 6.08 Å². The van der Waals surface area contributed by atoms with Crippen molar-refractivity contribution in [2.75, 3.05) is 39.3 Å². The molecule has 4 rings (SSSR count). The van der Waals surface area contributed by atoms with E-state index >= 15 is 0 Å². The van der Waals surface area contributed by atoms with Crippen LogP contribution in [0.15, 0.2) is 30.3 Å². The molecule has 0 N–H and O–H groups in total. The maximum Gasteiger partial charge on any atom is 0.123 e. The molecule has 1 unspecified atom stereocenters. The molecule has 3 aliphatic rings. The molecule has 2 nitrogen and oxygen atoms in total. The topological polar surface area (TPSA) is 6.48 Å². The van der Waals surface area contributed by atoms with Gasteiger partial charge in [-0.25, -0.2) is 4.39 Å². The number of hydrogen-bond acceptors (Lipinski definition) is 2. The summed E-state index contributed by atoms with van der Waals surface area (Å²) < 4.78 is 12.9. The molecule has 0 bridgehead atoms. The fourth-order valence-electron chi connectivity index (χ4n) is 4.56. The minimum Gasteiger partial charge on any atom is -0.302 e. The van der Waals surface area contributed by atoms with Crippen LogP contribution in [-0.4, -0.2) is 49.1 Å². The summed E-state index contributed by atoms with van der Waals surface area (Å²) in [4.78, 5) is 5.35. The van der Waals surface area contributed by atoms with E-state index in [2.05, 4.69) is 22.0 Å². The number of nitrogens with zero attached hydrogens (tertiary/aromatic N) is 2. The Morgan fingerprint density at radius 2 is 1.83 bits per heavy atom. The van der Waals surface area contributed by atoms with Crippen molar-refractivity contribution in [1.82, 2.24) is 9.80 Å². The highest BCUT2D eigenvalue weighted by molar-refractivity contribution is 5.48. The summed E-state index contributed by atoms with van der Waals surface area (Å²) in [6.07, 6.45) is 11.4. The van der Waals surface area contributed by atoms with E-state index in [0.29, 0.717) is 5.41 Å². The summed E-state index contributed by atoms with van der Waals surface area (Å²) in [7, 11) is 0. The number of benzene rings is 1. The van der Waals surface area contributed by atoms with E-state index in [1.807, 2.05) is 12.1 Å². The van der Waals surface area contributed by atoms with Crippen molar-refractivity contribution in [3.05, 3.63) is 41.7 Å². The van der Waals surface area contributed by atoms with Crippen molar-refractivity contribution >= 4 is 6.08 Å². The highest BCUT2D eigenvalue weighted by Gasteiger charge is 2.41. The van der Waals surface area contributed by atoms with Crippen LogP contribution in [0.1, 0.15) is 37.7 Å². The van der Waals surface area contributed by atoms with Gasteiger partial charge in [0.05, 0.1) is 0 Å². The summed E-state index contributed by atoms with van der Waals surface area (Å²) in [5, 5.41) is 0. The smallest absolute Gasteiger partial charge is 0.123 e. The van der Waals surface area contributed by atoms with Gasteiger partial charge in [-0.15, -0.1) is 0 Å². The largest absolute Gasteiger partial charge is 0.302 e. The molecule has 0 aromatic heterocycles. The van der Waals surface area contributed by atoms with Crippen molar-refractivity contribution in [2.45, 2.75) is 32.1 Å². The van der Waals surface area contributed by atoms with E-state index in [-0.39, 0.29) is 5.82 Å². The highest BCUT2D eigenvalue weighted by Crippen LogP contribution is 2.40. The highest BCUT2D eigenvalue weighted by atomic mass is 19.1. The van der Waals surface area contributed by atoms with Crippen LogP contribution in [0.2, 0.25) is 0 Å². The summed E-state index contributed by atoms with van der Waals surface area (Å²) in [6.45, 7) is 7.49. The van der Waals surface area contributed by atoms with Crippen molar-refractivity contribution in [2.24, 2.45) is 11.3 Å². The third-order valence-corrected chi connectivity index (χ3v) is 6.02. The van der Waals surface area contributed by atoms with Gasteiger partial charge in [-0.05, 0) is 74.2 Å². The fourth-order valence-corrected chi connectivity index (χ4v) is 4.56. The molecule has 3 fully saturated rings. The summed E-state index contributed by atoms with van der Waals surface area (Å²) in [6, 6.07) is 6.74. The molecular weight excluding hydrogens is 299 g/mol. The van der Waals surface area contributed by atoms with Crippen molar-refractivity contribution in [1.29, 1.82) is 0 Å². The Hall–Kier alpha value is -1.19. The van der Waals surface area contributed by atoms with Gasteiger partial charge in [0.15, 0.2) is 0 Å².